The van der Waals surface area contributed by atoms with Crippen LogP contribution in [0.2, 0.25) is 0 Å². The first-order valence-corrected chi connectivity index (χ1v) is 6.11. The van der Waals surface area contributed by atoms with E-state index in [2.05, 4.69) is 57.3 Å². The summed E-state index contributed by atoms with van der Waals surface area (Å²) < 4.78 is 2.99. The summed E-state index contributed by atoms with van der Waals surface area (Å²) in [5, 5.41) is 8.39. The molecule has 0 aliphatic heterocycles. The van der Waals surface area contributed by atoms with Crippen molar-refractivity contribution in [3.8, 4) is 11.4 Å². The van der Waals surface area contributed by atoms with Gasteiger partial charge in [-0.2, -0.15) is 0 Å². The predicted octanol–water partition coefficient (Wildman–Crippen LogP) is 3.47. The van der Waals surface area contributed by atoms with Crippen LogP contribution in [0.5, 0.6) is 0 Å². The quantitative estimate of drug-likeness (QED) is 0.686. The van der Waals surface area contributed by atoms with E-state index >= 15 is 0 Å². The Labute approximate surface area is 107 Å². The monoisotopic (exact) mass is 287 g/mol. The average molecular weight is 288 g/mol. The maximum absolute atomic E-state index is 4.23. The maximum atomic E-state index is 4.23. The van der Waals surface area contributed by atoms with Crippen molar-refractivity contribution < 1.29 is 0 Å². The number of hydrogen-bond acceptors (Lipinski definition) is 2. The van der Waals surface area contributed by atoms with Gasteiger partial charge in [0.1, 0.15) is 0 Å². The summed E-state index contributed by atoms with van der Waals surface area (Å²) in [6, 6.07) is 12.2. The van der Waals surface area contributed by atoms with Crippen LogP contribution in [-0.4, -0.2) is 14.6 Å². The van der Waals surface area contributed by atoms with Gasteiger partial charge in [-0.3, -0.25) is 4.40 Å². The van der Waals surface area contributed by atoms with E-state index in [-0.39, 0.29) is 0 Å². The Hall–Kier alpha value is -1.68. The van der Waals surface area contributed by atoms with Gasteiger partial charge in [-0.15, -0.1) is 10.2 Å². The van der Waals surface area contributed by atoms with Crippen molar-refractivity contribution in [2.75, 3.05) is 0 Å². The molecule has 4 heteroatoms. The predicted molar refractivity (Wildman–Crippen MR) is 70.9 cm³/mol. The second kappa shape index (κ2) is 3.96. The van der Waals surface area contributed by atoms with Crippen LogP contribution in [0.25, 0.3) is 17.0 Å². The van der Waals surface area contributed by atoms with Crippen LogP contribution < -0.4 is 0 Å². The standard InChI is InChI=1S/C13H10BrN3/c1-9-2-4-10(5-3-9)13-16-15-12-8-11(14)6-7-17(12)13/h2-8H,1H3. The van der Waals surface area contributed by atoms with Crippen LogP contribution in [0.4, 0.5) is 0 Å². The second-order valence-corrected chi connectivity index (χ2v) is 4.88. The molecule has 0 spiro atoms. The number of rotatable bonds is 1. The molecule has 84 valence electrons. The molecule has 0 amide bonds. The van der Waals surface area contributed by atoms with E-state index in [1.165, 1.54) is 5.56 Å². The molecular formula is C13H10BrN3. The lowest BCUT2D eigenvalue weighted by Crippen LogP contribution is -1.88. The van der Waals surface area contributed by atoms with E-state index in [0.717, 1.165) is 21.5 Å². The molecule has 3 aromatic rings. The lowest BCUT2D eigenvalue weighted by atomic mass is 10.1. The smallest absolute Gasteiger partial charge is 0.168 e. The van der Waals surface area contributed by atoms with Crippen molar-refractivity contribution in [1.82, 2.24) is 14.6 Å². The van der Waals surface area contributed by atoms with E-state index in [4.69, 9.17) is 0 Å². The molecule has 17 heavy (non-hydrogen) atoms. The van der Waals surface area contributed by atoms with Crippen LogP contribution in [0, 0.1) is 6.92 Å². The zero-order valence-corrected chi connectivity index (χ0v) is 10.8. The summed E-state index contributed by atoms with van der Waals surface area (Å²) in [5.74, 6) is 0.868. The minimum absolute atomic E-state index is 0.843. The Morgan fingerprint density at radius 3 is 2.59 bits per heavy atom. The van der Waals surface area contributed by atoms with Crippen LogP contribution in [0.15, 0.2) is 47.1 Å². The number of pyridine rings is 1. The van der Waals surface area contributed by atoms with Crippen molar-refractivity contribution >= 4 is 21.6 Å². The van der Waals surface area contributed by atoms with Crippen molar-refractivity contribution in [2.24, 2.45) is 0 Å². The molecule has 0 atom stereocenters. The van der Waals surface area contributed by atoms with Gasteiger partial charge in [0.15, 0.2) is 11.5 Å². The third-order valence-electron chi connectivity index (χ3n) is 2.68. The van der Waals surface area contributed by atoms with Crippen LogP contribution in [-0.2, 0) is 0 Å². The highest BCUT2D eigenvalue weighted by molar-refractivity contribution is 9.10. The number of aromatic nitrogens is 3. The zero-order chi connectivity index (χ0) is 11.8. The number of aryl methyl sites for hydroxylation is 1. The molecule has 2 heterocycles. The molecule has 3 rings (SSSR count). The highest BCUT2D eigenvalue weighted by Crippen LogP contribution is 2.20. The molecule has 0 unspecified atom stereocenters. The Morgan fingerprint density at radius 1 is 1.06 bits per heavy atom. The van der Waals surface area contributed by atoms with Gasteiger partial charge in [0.05, 0.1) is 0 Å². The van der Waals surface area contributed by atoms with Gasteiger partial charge in [-0.05, 0) is 19.1 Å². The molecule has 1 aromatic carbocycles. The normalized spacial score (nSPS) is 10.9. The van der Waals surface area contributed by atoms with Crippen LogP contribution in [0.3, 0.4) is 0 Å². The largest absolute Gasteiger partial charge is 0.282 e. The number of hydrogen-bond donors (Lipinski definition) is 0. The first-order valence-electron chi connectivity index (χ1n) is 5.31. The van der Waals surface area contributed by atoms with E-state index in [1.54, 1.807) is 0 Å². The number of benzene rings is 1. The molecule has 0 fully saturated rings. The third-order valence-corrected chi connectivity index (χ3v) is 3.18. The molecular weight excluding hydrogens is 278 g/mol. The SMILES string of the molecule is Cc1ccc(-c2nnc3cc(Br)ccn23)cc1. The Kier molecular flexibility index (Phi) is 2.44. The Morgan fingerprint density at radius 2 is 1.82 bits per heavy atom. The topological polar surface area (TPSA) is 30.2 Å². The Balaban J connectivity index is 2.21. The Bertz CT molecular complexity index is 671. The second-order valence-electron chi connectivity index (χ2n) is 3.96. The first-order chi connectivity index (χ1) is 8.24. The van der Waals surface area contributed by atoms with Crippen molar-refractivity contribution in [3.05, 3.63) is 52.6 Å². The van der Waals surface area contributed by atoms with Gasteiger partial charge >= 0.3 is 0 Å². The van der Waals surface area contributed by atoms with E-state index < -0.39 is 0 Å². The summed E-state index contributed by atoms with van der Waals surface area (Å²) in [5.41, 5.74) is 3.16. The van der Waals surface area contributed by atoms with Crippen molar-refractivity contribution in [2.45, 2.75) is 6.92 Å². The average Bonchev–Trinajstić information content (AvgIpc) is 2.73. The number of halogens is 1. The first kappa shape index (κ1) is 10.5. The lowest BCUT2D eigenvalue weighted by molar-refractivity contribution is 1.11. The summed E-state index contributed by atoms with van der Waals surface area (Å²) in [7, 11) is 0. The highest BCUT2D eigenvalue weighted by Gasteiger charge is 2.07. The molecule has 0 bridgehead atoms. The van der Waals surface area contributed by atoms with Crippen molar-refractivity contribution in [1.29, 1.82) is 0 Å². The minimum Gasteiger partial charge on any atom is -0.282 e. The molecule has 2 aromatic heterocycles. The van der Waals surface area contributed by atoms with Gasteiger partial charge in [0, 0.05) is 16.2 Å². The van der Waals surface area contributed by atoms with Crippen LogP contribution >= 0.6 is 15.9 Å². The number of fused-ring (bicyclic) bond motifs is 1. The molecule has 0 N–H and O–H groups in total. The summed E-state index contributed by atoms with van der Waals surface area (Å²) in [4.78, 5) is 0. The minimum atomic E-state index is 0.843. The van der Waals surface area contributed by atoms with E-state index in [9.17, 15) is 0 Å². The fourth-order valence-electron chi connectivity index (χ4n) is 1.77. The summed E-state index contributed by atoms with van der Waals surface area (Å²) in [6.45, 7) is 2.07. The third kappa shape index (κ3) is 1.85. The molecule has 0 aliphatic carbocycles. The van der Waals surface area contributed by atoms with Crippen molar-refractivity contribution in [3.63, 3.8) is 0 Å². The molecule has 0 saturated carbocycles. The fraction of sp³-hybridized carbons (Fsp3) is 0.0769. The van der Waals surface area contributed by atoms with Gasteiger partial charge < -0.3 is 0 Å². The van der Waals surface area contributed by atoms with Gasteiger partial charge in [-0.25, -0.2) is 0 Å². The summed E-state index contributed by atoms with van der Waals surface area (Å²) in [6.07, 6.45) is 1.97. The van der Waals surface area contributed by atoms with E-state index in [1.807, 2.05) is 22.7 Å². The zero-order valence-electron chi connectivity index (χ0n) is 9.26. The fourth-order valence-corrected chi connectivity index (χ4v) is 2.09. The number of nitrogens with zero attached hydrogens (tertiary/aromatic N) is 3. The molecule has 3 nitrogen and oxygen atoms in total. The lowest BCUT2D eigenvalue weighted by Gasteiger charge is -2.00. The molecule has 0 radical (unpaired) electrons. The summed E-state index contributed by atoms with van der Waals surface area (Å²) >= 11 is 3.43. The molecule has 0 saturated heterocycles. The van der Waals surface area contributed by atoms with Gasteiger partial charge in [-0.1, -0.05) is 45.8 Å². The van der Waals surface area contributed by atoms with E-state index in [0.29, 0.717) is 0 Å². The molecule has 0 aliphatic rings. The van der Waals surface area contributed by atoms with Gasteiger partial charge in [0.25, 0.3) is 0 Å². The highest BCUT2D eigenvalue weighted by atomic mass is 79.9. The maximum Gasteiger partial charge on any atom is 0.168 e. The van der Waals surface area contributed by atoms with Crippen LogP contribution in [0.1, 0.15) is 5.56 Å². The van der Waals surface area contributed by atoms with Gasteiger partial charge in [0.2, 0.25) is 0 Å².